The van der Waals surface area contributed by atoms with Crippen LogP contribution in [0.25, 0.3) is 0 Å². The Labute approximate surface area is 115 Å². The topological polar surface area (TPSA) is 38.7 Å². The van der Waals surface area contributed by atoms with Gasteiger partial charge in [0, 0.05) is 12.7 Å². The normalized spacial score (nSPS) is 20.6. The molecule has 1 saturated carbocycles. The van der Waals surface area contributed by atoms with Crippen LogP contribution in [0.15, 0.2) is 24.3 Å². The first-order chi connectivity index (χ1) is 9.23. The molecular formula is C16H24O3. The Hall–Kier alpha value is -1.06. The fraction of sp³-hybridized carbons (Fsp3) is 0.625. The third-order valence-corrected chi connectivity index (χ3v) is 4.29. The van der Waals surface area contributed by atoms with Gasteiger partial charge in [0.05, 0.1) is 12.7 Å². The number of hydrogen-bond acceptors (Lipinski definition) is 3. The maximum Gasteiger partial charge on any atom is 0.124 e. The van der Waals surface area contributed by atoms with E-state index in [1.54, 1.807) is 14.2 Å². The minimum absolute atomic E-state index is 0.467. The van der Waals surface area contributed by atoms with E-state index in [1.807, 2.05) is 24.3 Å². The predicted octanol–water partition coefficient (Wildman–Crippen LogP) is 3.47. The number of methoxy groups -OCH3 is 2. The van der Waals surface area contributed by atoms with E-state index in [9.17, 15) is 5.11 Å². The summed E-state index contributed by atoms with van der Waals surface area (Å²) in [6, 6.07) is 7.66. The highest BCUT2D eigenvalue weighted by atomic mass is 16.5. The summed E-state index contributed by atoms with van der Waals surface area (Å²) in [6.45, 7) is 0. The fourth-order valence-corrected chi connectivity index (χ4v) is 3.09. The van der Waals surface area contributed by atoms with Gasteiger partial charge in [-0.25, -0.2) is 0 Å². The Morgan fingerprint density at radius 1 is 1.05 bits per heavy atom. The van der Waals surface area contributed by atoms with E-state index in [1.165, 1.54) is 12.8 Å². The van der Waals surface area contributed by atoms with E-state index in [-0.39, 0.29) is 0 Å². The number of aliphatic hydroxyl groups is 1. The zero-order chi connectivity index (χ0) is 13.7. The minimum atomic E-state index is -0.633. The SMILES string of the molecule is COc1ccccc1C(O)C1(OC)CCCCCC1. The van der Waals surface area contributed by atoms with Crippen LogP contribution >= 0.6 is 0 Å². The summed E-state index contributed by atoms with van der Waals surface area (Å²) >= 11 is 0. The van der Waals surface area contributed by atoms with Crippen molar-refractivity contribution in [1.82, 2.24) is 0 Å². The lowest BCUT2D eigenvalue weighted by Gasteiger charge is -2.36. The summed E-state index contributed by atoms with van der Waals surface area (Å²) in [5.74, 6) is 0.732. The molecular weight excluding hydrogens is 240 g/mol. The lowest BCUT2D eigenvalue weighted by atomic mass is 9.84. The predicted molar refractivity (Wildman–Crippen MR) is 75.4 cm³/mol. The van der Waals surface area contributed by atoms with E-state index in [2.05, 4.69) is 0 Å². The smallest absolute Gasteiger partial charge is 0.124 e. The average molecular weight is 264 g/mol. The summed E-state index contributed by atoms with van der Waals surface area (Å²) in [4.78, 5) is 0. The van der Waals surface area contributed by atoms with Gasteiger partial charge in [-0.2, -0.15) is 0 Å². The Bertz CT molecular complexity index is 395. The third-order valence-electron chi connectivity index (χ3n) is 4.29. The monoisotopic (exact) mass is 264 g/mol. The summed E-state index contributed by atoms with van der Waals surface area (Å²) in [6.07, 6.45) is 5.85. The van der Waals surface area contributed by atoms with Crippen molar-refractivity contribution in [2.75, 3.05) is 14.2 Å². The summed E-state index contributed by atoms with van der Waals surface area (Å²) in [5.41, 5.74) is 0.360. The molecule has 0 aliphatic heterocycles. The Balaban J connectivity index is 2.31. The largest absolute Gasteiger partial charge is 0.496 e. The Kier molecular flexibility index (Phi) is 4.83. The zero-order valence-electron chi connectivity index (χ0n) is 11.9. The quantitative estimate of drug-likeness (QED) is 0.846. The number of ether oxygens (including phenoxy) is 2. The van der Waals surface area contributed by atoms with E-state index in [0.29, 0.717) is 0 Å². The molecule has 1 fully saturated rings. The van der Waals surface area contributed by atoms with Crippen molar-refractivity contribution in [1.29, 1.82) is 0 Å². The van der Waals surface area contributed by atoms with Crippen LogP contribution in [-0.2, 0) is 4.74 Å². The molecule has 0 spiro atoms. The number of hydrogen-bond donors (Lipinski definition) is 1. The maximum absolute atomic E-state index is 10.8. The van der Waals surface area contributed by atoms with Gasteiger partial charge in [0.25, 0.3) is 0 Å². The fourth-order valence-electron chi connectivity index (χ4n) is 3.09. The van der Waals surface area contributed by atoms with Crippen LogP contribution < -0.4 is 4.74 Å². The van der Waals surface area contributed by atoms with Crippen LogP contribution in [0.5, 0.6) is 5.75 Å². The molecule has 1 N–H and O–H groups in total. The number of rotatable bonds is 4. The molecule has 1 unspecified atom stereocenters. The standard InChI is InChI=1S/C16H24O3/c1-18-14-10-6-5-9-13(14)15(17)16(19-2)11-7-3-4-8-12-16/h5-6,9-10,15,17H,3-4,7-8,11-12H2,1-2H3. The molecule has 1 atom stereocenters. The number of benzene rings is 1. The van der Waals surface area contributed by atoms with Gasteiger partial charge in [0.2, 0.25) is 0 Å². The van der Waals surface area contributed by atoms with Crippen molar-refractivity contribution in [3.63, 3.8) is 0 Å². The van der Waals surface area contributed by atoms with Gasteiger partial charge in [0.15, 0.2) is 0 Å². The summed E-state index contributed by atoms with van der Waals surface area (Å²) < 4.78 is 11.1. The summed E-state index contributed by atoms with van der Waals surface area (Å²) in [7, 11) is 3.35. The molecule has 1 aliphatic carbocycles. The minimum Gasteiger partial charge on any atom is -0.496 e. The molecule has 0 aromatic heterocycles. The van der Waals surface area contributed by atoms with Crippen molar-refractivity contribution in [2.45, 2.75) is 50.2 Å². The maximum atomic E-state index is 10.8. The van der Waals surface area contributed by atoms with Crippen LogP contribution in [0.2, 0.25) is 0 Å². The van der Waals surface area contributed by atoms with Crippen molar-refractivity contribution < 1.29 is 14.6 Å². The Morgan fingerprint density at radius 3 is 2.26 bits per heavy atom. The van der Waals surface area contributed by atoms with Crippen molar-refractivity contribution in [3.8, 4) is 5.75 Å². The van der Waals surface area contributed by atoms with E-state index in [0.717, 1.165) is 37.0 Å². The van der Waals surface area contributed by atoms with E-state index < -0.39 is 11.7 Å². The van der Waals surface area contributed by atoms with Crippen molar-refractivity contribution >= 4 is 0 Å². The zero-order valence-corrected chi connectivity index (χ0v) is 11.9. The van der Waals surface area contributed by atoms with Gasteiger partial charge in [-0.05, 0) is 18.9 Å². The molecule has 0 bridgehead atoms. The average Bonchev–Trinajstić information content (AvgIpc) is 2.72. The molecule has 0 heterocycles. The van der Waals surface area contributed by atoms with Gasteiger partial charge in [-0.15, -0.1) is 0 Å². The third kappa shape index (κ3) is 2.93. The number of para-hydroxylation sites is 1. The molecule has 0 radical (unpaired) electrons. The van der Waals surface area contributed by atoms with Crippen LogP contribution in [-0.4, -0.2) is 24.9 Å². The molecule has 1 aliphatic rings. The highest BCUT2D eigenvalue weighted by molar-refractivity contribution is 5.36. The van der Waals surface area contributed by atoms with Gasteiger partial charge in [0.1, 0.15) is 11.9 Å². The first-order valence-corrected chi connectivity index (χ1v) is 7.09. The molecule has 3 nitrogen and oxygen atoms in total. The number of aliphatic hydroxyl groups excluding tert-OH is 1. The first-order valence-electron chi connectivity index (χ1n) is 7.09. The summed E-state index contributed by atoms with van der Waals surface area (Å²) in [5, 5.41) is 10.8. The van der Waals surface area contributed by atoms with Crippen LogP contribution in [0.4, 0.5) is 0 Å². The van der Waals surface area contributed by atoms with E-state index >= 15 is 0 Å². The highest BCUT2D eigenvalue weighted by Crippen LogP contribution is 2.42. The van der Waals surface area contributed by atoms with Gasteiger partial charge in [-0.1, -0.05) is 43.9 Å². The Morgan fingerprint density at radius 2 is 1.68 bits per heavy atom. The van der Waals surface area contributed by atoms with E-state index in [4.69, 9.17) is 9.47 Å². The molecule has 0 saturated heterocycles. The molecule has 2 rings (SSSR count). The molecule has 1 aromatic carbocycles. The van der Waals surface area contributed by atoms with Gasteiger partial charge in [-0.3, -0.25) is 0 Å². The van der Waals surface area contributed by atoms with Crippen molar-refractivity contribution in [3.05, 3.63) is 29.8 Å². The van der Waals surface area contributed by atoms with Crippen LogP contribution in [0.3, 0.4) is 0 Å². The molecule has 106 valence electrons. The van der Waals surface area contributed by atoms with Crippen LogP contribution in [0.1, 0.15) is 50.2 Å². The van der Waals surface area contributed by atoms with Gasteiger partial charge >= 0.3 is 0 Å². The second-order valence-electron chi connectivity index (χ2n) is 5.33. The second kappa shape index (κ2) is 6.40. The van der Waals surface area contributed by atoms with Crippen LogP contribution in [0, 0.1) is 0 Å². The van der Waals surface area contributed by atoms with Gasteiger partial charge < -0.3 is 14.6 Å². The highest BCUT2D eigenvalue weighted by Gasteiger charge is 2.40. The lowest BCUT2D eigenvalue weighted by Crippen LogP contribution is -2.38. The molecule has 1 aromatic rings. The molecule has 3 heteroatoms. The first kappa shape index (κ1) is 14.4. The second-order valence-corrected chi connectivity index (χ2v) is 5.33. The lowest BCUT2D eigenvalue weighted by molar-refractivity contribution is -0.114. The molecule has 0 amide bonds. The van der Waals surface area contributed by atoms with Crippen molar-refractivity contribution in [2.24, 2.45) is 0 Å². The molecule has 19 heavy (non-hydrogen) atoms.